The first-order valence-corrected chi connectivity index (χ1v) is 7.36. The van der Waals surface area contributed by atoms with Gasteiger partial charge in [-0.1, -0.05) is 19.3 Å². The Kier molecular flexibility index (Phi) is 4.25. The van der Waals surface area contributed by atoms with Crippen molar-refractivity contribution in [2.24, 2.45) is 0 Å². The minimum Gasteiger partial charge on any atom is -0.347 e. The molecule has 1 aromatic carbocycles. The van der Waals surface area contributed by atoms with Crippen LogP contribution in [0.1, 0.15) is 49.4 Å². The lowest BCUT2D eigenvalue weighted by Gasteiger charge is -2.34. The van der Waals surface area contributed by atoms with Gasteiger partial charge in [0, 0.05) is 9.11 Å². The van der Waals surface area contributed by atoms with E-state index >= 15 is 0 Å². The van der Waals surface area contributed by atoms with Crippen LogP contribution in [0.25, 0.3) is 0 Å². The molecule has 0 spiro atoms. The number of benzene rings is 1. The predicted octanol–water partition coefficient (Wildman–Crippen LogP) is 3.88. The largest absolute Gasteiger partial charge is 0.347 e. The smallest absolute Gasteiger partial charge is 0.252 e. The Balaban J connectivity index is 2.11. The molecule has 2 rings (SSSR count). The van der Waals surface area contributed by atoms with E-state index in [2.05, 4.69) is 12.2 Å². The Bertz CT molecular complexity index is 455. The zero-order valence-corrected chi connectivity index (χ0v) is 12.6. The summed E-state index contributed by atoms with van der Waals surface area (Å²) >= 11 is 2.00. The summed E-state index contributed by atoms with van der Waals surface area (Å²) in [4.78, 5) is 12.2. The van der Waals surface area contributed by atoms with E-state index in [0.29, 0.717) is 9.13 Å². The van der Waals surface area contributed by atoms with Crippen LogP contribution in [0.4, 0.5) is 4.39 Å². The lowest BCUT2D eigenvalue weighted by Crippen LogP contribution is -2.47. The third-order valence-electron chi connectivity index (χ3n) is 3.55. The first-order valence-electron chi connectivity index (χ1n) is 6.28. The van der Waals surface area contributed by atoms with E-state index in [-0.39, 0.29) is 17.3 Å². The van der Waals surface area contributed by atoms with Crippen molar-refractivity contribution in [3.63, 3.8) is 0 Å². The second-order valence-electron chi connectivity index (χ2n) is 5.20. The van der Waals surface area contributed by atoms with E-state index in [1.165, 1.54) is 18.6 Å². The maximum absolute atomic E-state index is 13.0. The molecule has 1 aliphatic carbocycles. The third kappa shape index (κ3) is 3.22. The van der Waals surface area contributed by atoms with Gasteiger partial charge in [0.15, 0.2) is 0 Å². The molecule has 0 aliphatic heterocycles. The summed E-state index contributed by atoms with van der Waals surface area (Å²) in [5.74, 6) is -0.399. The van der Waals surface area contributed by atoms with Crippen LogP contribution in [-0.4, -0.2) is 11.4 Å². The van der Waals surface area contributed by atoms with Crippen molar-refractivity contribution in [1.29, 1.82) is 0 Å². The standard InChI is InChI=1S/C14H17FINO/c1-14(7-3-2-4-8-14)17-13(18)11-6-5-10(15)9-12(11)16/h5-6,9H,2-4,7-8H2,1H3,(H,17,18). The Hall–Kier alpha value is -0.650. The van der Waals surface area contributed by atoms with E-state index in [9.17, 15) is 9.18 Å². The molecule has 0 radical (unpaired) electrons. The number of hydrogen-bond donors (Lipinski definition) is 1. The summed E-state index contributed by atoms with van der Waals surface area (Å²) in [5, 5.41) is 3.11. The lowest BCUT2D eigenvalue weighted by molar-refractivity contribution is 0.0881. The minimum atomic E-state index is -0.306. The van der Waals surface area contributed by atoms with E-state index in [1.807, 2.05) is 22.6 Å². The van der Waals surface area contributed by atoms with Crippen LogP contribution < -0.4 is 5.32 Å². The van der Waals surface area contributed by atoms with Crippen LogP contribution in [0.2, 0.25) is 0 Å². The summed E-state index contributed by atoms with van der Waals surface area (Å²) in [5.41, 5.74) is 0.455. The van der Waals surface area contributed by atoms with Gasteiger partial charge >= 0.3 is 0 Å². The average molecular weight is 361 g/mol. The SMILES string of the molecule is CC1(NC(=O)c2ccc(F)cc2I)CCCCC1. The van der Waals surface area contributed by atoms with Gasteiger partial charge in [0.25, 0.3) is 5.91 Å². The number of rotatable bonds is 2. The number of carbonyl (C=O) groups is 1. The van der Waals surface area contributed by atoms with Crippen molar-refractivity contribution in [2.45, 2.75) is 44.6 Å². The highest BCUT2D eigenvalue weighted by Crippen LogP contribution is 2.28. The summed E-state index contributed by atoms with van der Waals surface area (Å²) in [7, 11) is 0. The summed E-state index contributed by atoms with van der Waals surface area (Å²) in [6.07, 6.45) is 5.63. The Labute approximate surface area is 120 Å². The van der Waals surface area contributed by atoms with Crippen LogP contribution in [0.3, 0.4) is 0 Å². The molecule has 1 saturated carbocycles. The summed E-state index contributed by atoms with van der Waals surface area (Å²) in [6, 6.07) is 4.28. The number of halogens is 2. The molecular weight excluding hydrogens is 344 g/mol. The predicted molar refractivity (Wildman–Crippen MR) is 78.1 cm³/mol. The molecule has 0 heterocycles. The monoisotopic (exact) mass is 361 g/mol. The second-order valence-corrected chi connectivity index (χ2v) is 6.36. The minimum absolute atomic E-state index is 0.0937. The number of carbonyl (C=O) groups excluding carboxylic acids is 1. The van der Waals surface area contributed by atoms with Crippen LogP contribution in [0.5, 0.6) is 0 Å². The molecule has 98 valence electrons. The second kappa shape index (κ2) is 5.55. The lowest BCUT2D eigenvalue weighted by atomic mass is 9.83. The molecule has 4 heteroatoms. The molecule has 1 aliphatic rings. The van der Waals surface area contributed by atoms with Crippen molar-refractivity contribution in [1.82, 2.24) is 5.32 Å². The van der Waals surface area contributed by atoms with Crippen molar-refractivity contribution < 1.29 is 9.18 Å². The van der Waals surface area contributed by atoms with Gasteiger partial charge in [-0.3, -0.25) is 4.79 Å². The molecule has 1 amide bonds. The van der Waals surface area contributed by atoms with E-state index < -0.39 is 0 Å². The van der Waals surface area contributed by atoms with Crippen molar-refractivity contribution in [2.75, 3.05) is 0 Å². The molecule has 0 unspecified atom stereocenters. The molecular formula is C14H17FINO. The van der Waals surface area contributed by atoms with Crippen LogP contribution in [0, 0.1) is 9.39 Å². The number of amides is 1. The third-order valence-corrected chi connectivity index (χ3v) is 4.44. The van der Waals surface area contributed by atoms with Crippen molar-refractivity contribution in [3.8, 4) is 0 Å². The van der Waals surface area contributed by atoms with E-state index in [4.69, 9.17) is 0 Å². The zero-order chi connectivity index (χ0) is 13.2. The van der Waals surface area contributed by atoms with Gasteiger partial charge < -0.3 is 5.32 Å². The summed E-state index contributed by atoms with van der Waals surface area (Å²) < 4.78 is 13.7. The van der Waals surface area contributed by atoms with E-state index in [1.54, 1.807) is 6.07 Å². The Morgan fingerprint density at radius 3 is 2.61 bits per heavy atom. The first-order chi connectivity index (χ1) is 8.50. The Morgan fingerprint density at radius 1 is 1.33 bits per heavy atom. The topological polar surface area (TPSA) is 29.1 Å². The first kappa shape index (κ1) is 13.8. The van der Waals surface area contributed by atoms with Crippen LogP contribution in [0.15, 0.2) is 18.2 Å². The fraction of sp³-hybridized carbons (Fsp3) is 0.500. The highest BCUT2D eigenvalue weighted by Gasteiger charge is 2.29. The quantitative estimate of drug-likeness (QED) is 0.796. The van der Waals surface area contributed by atoms with Crippen LogP contribution >= 0.6 is 22.6 Å². The normalized spacial score (nSPS) is 18.4. The van der Waals surface area contributed by atoms with E-state index in [0.717, 1.165) is 25.7 Å². The van der Waals surface area contributed by atoms with Gasteiger partial charge in [0.05, 0.1) is 5.56 Å². The summed E-state index contributed by atoms with van der Waals surface area (Å²) in [6.45, 7) is 2.10. The molecule has 2 nitrogen and oxygen atoms in total. The van der Waals surface area contributed by atoms with Gasteiger partial charge in [0.2, 0.25) is 0 Å². The molecule has 0 saturated heterocycles. The molecule has 1 aromatic rings. The van der Waals surface area contributed by atoms with Gasteiger partial charge in [0.1, 0.15) is 5.82 Å². The molecule has 0 bridgehead atoms. The van der Waals surface area contributed by atoms with Crippen LogP contribution in [-0.2, 0) is 0 Å². The molecule has 1 N–H and O–H groups in total. The Morgan fingerprint density at radius 2 is 2.00 bits per heavy atom. The van der Waals surface area contributed by atoms with Gasteiger partial charge in [-0.15, -0.1) is 0 Å². The van der Waals surface area contributed by atoms with Crippen molar-refractivity contribution in [3.05, 3.63) is 33.1 Å². The molecule has 0 atom stereocenters. The highest BCUT2D eigenvalue weighted by molar-refractivity contribution is 14.1. The van der Waals surface area contributed by atoms with Gasteiger partial charge in [-0.25, -0.2) is 4.39 Å². The average Bonchev–Trinajstić information content (AvgIpc) is 2.28. The number of hydrogen-bond acceptors (Lipinski definition) is 1. The highest BCUT2D eigenvalue weighted by atomic mass is 127. The van der Waals surface area contributed by atoms with Gasteiger partial charge in [-0.05, 0) is 60.6 Å². The molecule has 1 fully saturated rings. The van der Waals surface area contributed by atoms with Crippen molar-refractivity contribution >= 4 is 28.5 Å². The number of nitrogens with one attached hydrogen (secondary N) is 1. The zero-order valence-electron chi connectivity index (χ0n) is 10.4. The maximum Gasteiger partial charge on any atom is 0.252 e. The molecule has 0 aromatic heterocycles. The fourth-order valence-corrected chi connectivity index (χ4v) is 3.19. The van der Waals surface area contributed by atoms with Gasteiger partial charge in [-0.2, -0.15) is 0 Å². The maximum atomic E-state index is 13.0. The fourth-order valence-electron chi connectivity index (χ4n) is 2.47. The molecule has 18 heavy (non-hydrogen) atoms.